The smallest absolute Gasteiger partial charge is 0.353 e. The molecule has 248 valence electrons. The molecule has 2 bridgehead atoms. The van der Waals surface area contributed by atoms with E-state index in [0.29, 0.717) is 34.2 Å². The van der Waals surface area contributed by atoms with Crippen molar-refractivity contribution in [3.05, 3.63) is 65.9 Å². The molecule has 10 nitrogen and oxygen atoms in total. The van der Waals surface area contributed by atoms with Crippen LogP contribution in [0.15, 0.2) is 43.2 Å². The Morgan fingerprint density at radius 1 is 1.28 bits per heavy atom. The average Bonchev–Trinajstić information content (AvgIpc) is 3.80. The largest absolute Gasteiger partial charge is 0.435 e. The first-order valence-electron chi connectivity index (χ1n) is 14.7. The predicted molar refractivity (Wildman–Crippen MR) is 165 cm³/mol. The second-order valence-corrected chi connectivity index (χ2v) is 11.0. The highest BCUT2D eigenvalue weighted by Crippen LogP contribution is 2.37. The number of carbonyl (C=O) groups is 2. The number of amides is 1. The number of nitrogens with one attached hydrogen (secondary N) is 3. The van der Waals surface area contributed by atoms with Gasteiger partial charge in [0.05, 0.1) is 29.7 Å². The highest BCUT2D eigenvalue weighted by molar-refractivity contribution is 5.97. The number of carbonyl (C=O) groups excluding carboxylic acids is 2. The SMILES string of the molecule is C=C(Nc1ccc(C(=O)NCC=O)c(CC)c1)c1ncc(-c2cn(CC(F)F)nc2C(F)(F)F)n1/C=C\C.CN1CC2CC1CN2. The second kappa shape index (κ2) is 14.8. The summed E-state index contributed by atoms with van der Waals surface area (Å²) in [5.74, 6) is -0.237. The van der Waals surface area contributed by atoms with Crippen molar-refractivity contribution in [2.45, 2.75) is 57.9 Å². The lowest BCUT2D eigenvalue weighted by molar-refractivity contribution is -0.141. The summed E-state index contributed by atoms with van der Waals surface area (Å²) in [7, 11) is 2.21. The fourth-order valence-electron chi connectivity index (χ4n) is 5.55. The number of likely N-dealkylation sites (N-methyl/N-ethyl adjacent to an activating group) is 1. The molecule has 0 aliphatic carbocycles. The molecule has 1 amide bonds. The van der Waals surface area contributed by atoms with Crippen molar-refractivity contribution >= 4 is 29.8 Å². The summed E-state index contributed by atoms with van der Waals surface area (Å²) in [4.78, 5) is 29.5. The molecule has 2 aliphatic heterocycles. The number of halogens is 5. The molecule has 46 heavy (non-hydrogen) atoms. The number of aldehydes is 1. The average molecular weight is 649 g/mol. The van der Waals surface area contributed by atoms with Crippen molar-refractivity contribution in [1.29, 1.82) is 0 Å². The molecule has 1 aromatic carbocycles. The van der Waals surface area contributed by atoms with Crippen LogP contribution in [-0.2, 0) is 23.9 Å². The first kappa shape index (κ1) is 34.5. The first-order valence-corrected chi connectivity index (χ1v) is 14.7. The summed E-state index contributed by atoms with van der Waals surface area (Å²) in [5.41, 5.74) is 0.0879. The quantitative estimate of drug-likeness (QED) is 0.203. The molecule has 15 heteroatoms. The van der Waals surface area contributed by atoms with Gasteiger partial charge in [0.1, 0.15) is 12.8 Å². The van der Waals surface area contributed by atoms with Gasteiger partial charge in [0.15, 0.2) is 11.5 Å². The Hall–Kier alpha value is -4.37. The van der Waals surface area contributed by atoms with Crippen molar-refractivity contribution in [2.24, 2.45) is 0 Å². The van der Waals surface area contributed by atoms with Crippen LogP contribution < -0.4 is 16.0 Å². The Morgan fingerprint density at radius 2 is 2.04 bits per heavy atom. The van der Waals surface area contributed by atoms with E-state index in [9.17, 15) is 31.5 Å². The van der Waals surface area contributed by atoms with E-state index in [1.165, 1.54) is 36.5 Å². The van der Waals surface area contributed by atoms with Crippen molar-refractivity contribution < 1.29 is 31.5 Å². The zero-order valence-electron chi connectivity index (χ0n) is 25.7. The molecule has 3 aromatic rings. The summed E-state index contributed by atoms with van der Waals surface area (Å²) in [6.07, 6.45) is -0.186. The number of likely N-dealkylation sites (tertiary alicyclic amines) is 1. The molecule has 5 rings (SSSR count). The number of allylic oxidation sites excluding steroid dienone is 1. The number of aryl methyl sites for hydroxylation is 1. The van der Waals surface area contributed by atoms with Crippen LogP contribution in [0, 0.1) is 0 Å². The third-order valence-corrected chi connectivity index (χ3v) is 7.70. The van der Waals surface area contributed by atoms with Crippen LogP contribution in [0.4, 0.5) is 27.6 Å². The Labute approximate surface area is 263 Å². The molecule has 2 saturated heterocycles. The zero-order valence-corrected chi connectivity index (χ0v) is 25.7. The molecule has 2 aliphatic rings. The van der Waals surface area contributed by atoms with Crippen molar-refractivity contribution in [3.63, 3.8) is 0 Å². The van der Waals surface area contributed by atoms with Crippen LogP contribution in [0.25, 0.3) is 23.2 Å². The molecule has 4 heterocycles. The van der Waals surface area contributed by atoms with Crippen LogP contribution in [-0.4, -0.2) is 81.6 Å². The fourth-order valence-corrected chi connectivity index (χ4v) is 5.55. The van der Waals surface area contributed by atoms with E-state index in [4.69, 9.17) is 0 Å². The number of aromatic nitrogens is 4. The lowest BCUT2D eigenvalue weighted by Gasteiger charge is -2.21. The van der Waals surface area contributed by atoms with E-state index in [1.807, 2.05) is 6.92 Å². The monoisotopic (exact) mass is 648 g/mol. The van der Waals surface area contributed by atoms with Gasteiger partial charge in [-0.25, -0.2) is 13.8 Å². The number of nitrogens with zero attached hydrogens (tertiary/aromatic N) is 5. The molecular weight excluding hydrogens is 611 g/mol. The number of alkyl halides is 5. The molecule has 2 aromatic heterocycles. The van der Waals surface area contributed by atoms with E-state index < -0.39 is 36.3 Å². The molecule has 2 fully saturated rings. The molecular formula is C31H37F5N8O2. The van der Waals surface area contributed by atoms with E-state index in [2.05, 4.69) is 44.6 Å². The molecule has 0 spiro atoms. The van der Waals surface area contributed by atoms with Gasteiger partial charge in [0.2, 0.25) is 0 Å². The van der Waals surface area contributed by atoms with Gasteiger partial charge in [-0.05, 0) is 50.6 Å². The van der Waals surface area contributed by atoms with Crippen LogP contribution in [0.2, 0.25) is 0 Å². The minimum atomic E-state index is -4.89. The molecule has 2 unspecified atom stereocenters. The van der Waals surface area contributed by atoms with E-state index in [1.54, 1.807) is 31.2 Å². The number of anilines is 1. The third-order valence-electron chi connectivity index (χ3n) is 7.70. The summed E-state index contributed by atoms with van der Waals surface area (Å²) >= 11 is 0. The normalized spacial score (nSPS) is 17.8. The van der Waals surface area contributed by atoms with E-state index in [0.717, 1.165) is 18.3 Å². The summed E-state index contributed by atoms with van der Waals surface area (Å²) < 4.78 is 68.7. The first-order chi connectivity index (χ1) is 21.9. The van der Waals surface area contributed by atoms with Crippen LogP contribution in [0.3, 0.4) is 0 Å². The minimum absolute atomic E-state index is 0.0228. The van der Waals surface area contributed by atoms with Crippen molar-refractivity contribution in [3.8, 4) is 11.3 Å². The minimum Gasteiger partial charge on any atom is -0.353 e. The second-order valence-electron chi connectivity index (χ2n) is 11.0. The van der Waals surface area contributed by atoms with E-state index >= 15 is 0 Å². The number of fused-ring (bicyclic) bond motifs is 2. The Morgan fingerprint density at radius 3 is 2.59 bits per heavy atom. The van der Waals surface area contributed by atoms with Gasteiger partial charge < -0.3 is 25.6 Å². The van der Waals surface area contributed by atoms with E-state index in [-0.39, 0.29) is 23.8 Å². The summed E-state index contributed by atoms with van der Waals surface area (Å²) in [6.45, 7) is 8.83. The van der Waals surface area contributed by atoms with Gasteiger partial charge >= 0.3 is 6.18 Å². The lowest BCUT2D eigenvalue weighted by Crippen LogP contribution is -2.41. The van der Waals surface area contributed by atoms with Crippen molar-refractivity contribution in [1.82, 2.24) is 34.9 Å². The number of piperazine rings is 1. The van der Waals surface area contributed by atoms with Gasteiger partial charge in [0, 0.05) is 48.8 Å². The fraction of sp³-hybridized carbons (Fsp3) is 0.419. The maximum Gasteiger partial charge on any atom is 0.435 e. The Bertz CT molecular complexity index is 1580. The van der Waals surface area contributed by atoms with Crippen LogP contribution in [0.5, 0.6) is 0 Å². The molecule has 2 atom stereocenters. The lowest BCUT2D eigenvalue weighted by atomic mass is 10.0. The zero-order chi connectivity index (χ0) is 33.6. The number of benzene rings is 1. The number of hydrogen-bond acceptors (Lipinski definition) is 7. The Balaban J connectivity index is 0.000000513. The Kier molecular flexibility index (Phi) is 11.1. The molecule has 0 radical (unpaired) electrons. The predicted octanol–water partition coefficient (Wildman–Crippen LogP) is 4.76. The topological polar surface area (TPSA) is 109 Å². The number of hydrogen-bond donors (Lipinski definition) is 3. The summed E-state index contributed by atoms with van der Waals surface area (Å²) in [5, 5.41) is 12.3. The highest BCUT2D eigenvalue weighted by Gasteiger charge is 2.39. The van der Waals surface area contributed by atoms with Gasteiger partial charge in [-0.3, -0.25) is 14.0 Å². The molecule has 3 N–H and O–H groups in total. The van der Waals surface area contributed by atoms with Crippen LogP contribution >= 0.6 is 0 Å². The highest BCUT2D eigenvalue weighted by atomic mass is 19.4. The van der Waals surface area contributed by atoms with Gasteiger partial charge in [-0.15, -0.1) is 0 Å². The van der Waals surface area contributed by atoms with Gasteiger partial charge in [-0.2, -0.15) is 18.3 Å². The number of rotatable bonds is 11. The maximum atomic E-state index is 13.7. The summed E-state index contributed by atoms with van der Waals surface area (Å²) in [6, 6.07) is 6.58. The van der Waals surface area contributed by atoms with Gasteiger partial charge in [-0.1, -0.05) is 19.6 Å². The standard InChI is InChI=1S/C25H25F5N6O2.C6H12N2/c1-4-9-36-20(19-13-35(14-21(26)27)34-22(19)25(28,29)30)12-32-23(36)15(3)33-17-6-7-18(16(5-2)11-17)24(38)31-8-10-37;1-8-4-5-2-6(8)3-7-5/h4,6-7,9-13,21,33H,3,5,8,14H2,1-2H3,(H,31,38);5-7H,2-4H2,1H3/b9-4-;. The van der Waals surface area contributed by atoms with Crippen molar-refractivity contribution in [2.75, 3.05) is 32.0 Å². The third kappa shape index (κ3) is 8.07. The number of imidazole rings is 1. The van der Waals surface area contributed by atoms with Crippen LogP contribution in [0.1, 0.15) is 47.7 Å². The maximum absolute atomic E-state index is 13.7. The van der Waals surface area contributed by atoms with Gasteiger partial charge in [0.25, 0.3) is 12.3 Å². The molecule has 0 saturated carbocycles.